The van der Waals surface area contributed by atoms with Crippen LogP contribution < -0.4 is 0 Å². The summed E-state index contributed by atoms with van der Waals surface area (Å²) in [6.07, 6.45) is 1.00. The zero-order valence-corrected chi connectivity index (χ0v) is 13.1. The summed E-state index contributed by atoms with van der Waals surface area (Å²) in [6.45, 7) is 3.62. The van der Waals surface area contributed by atoms with Gasteiger partial charge in [-0.2, -0.15) is 0 Å². The lowest BCUT2D eigenvalue weighted by atomic mass is 10.3. The van der Waals surface area contributed by atoms with Crippen molar-refractivity contribution in [1.82, 2.24) is 4.90 Å². The van der Waals surface area contributed by atoms with Gasteiger partial charge in [0.2, 0.25) is 0 Å². The molecule has 2 nitrogen and oxygen atoms in total. The number of alkyl halides is 1. The van der Waals surface area contributed by atoms with Crippen LogP contribution in [0.5, 0.6) is 0 Å². The van der Waals surface area contributed by atoms with Crippen LogP contribution in [0, 0.1) is 2.88 Å². The molecule has 0 aliphatic carbocycles. The van der Waals surface area contributed by atoms with Gasteiger partial charge in [-0.25, -0.2) is 0 Å². The van der Waals surface area contributed by atoms with Gasteiger partial charge in [-0.3, -0.25) is 4.79 Å². The van der Waals surface area contributed by atoms with E-state index in [1.165, 1.54) is 0 Å². The van der Waals surface area contributed by atoms with Crippen molar-refractivity contribution in [1.29, 1.82) is 0 Å². The van der Waals surface area contributed by atoms with Crippen molar-refractivity contribution in [3.8, 4) is 0 Å². The van der Waals surface area contributed by atoms with E-state index in [4.69, 9.17) is 0 Å². The van der Waals surface area contributed by atoms with Gasteiger partial charge in [0.15, 0.2) is 0 Å². The van der Waals surface area contributed by atoms with E-state index >= 15 is 0 Å². The molecule has 0 radical (unpaired) electrons. The maximum Gasteiger partial charge on any atom is 0.254 e. The molecule has 5 heteroatoms. The number of carbonyl (C=O) groups is 1. The van der Waals surface area contributed by atoms with Crippen LogP contribution in [-0.2, 0) is 0 Å². The number of hydrogen-bond acceptors (Lipinski definition) is 2. The molecule has 0 saturated carbocycles. The second-order valence-electron chi connectivity index (χ2n) is 3.07. The molecule has 0 N–H and O–H groups in total. The third kappa shape index (κ3) is 4.03. The molecule has 15 heavy (non-hydrogen) atoms. The van der Waals surface area contributed by atoms with Crippen molar-refractivity contribution in [3.05, 3.63) is 19.9 Å². The molecular weight excluding hydrogens is 389 g/mol. The molecule has 0 atom stereocenters. The number of halogens is 2. The van der Waals surface area contributed by atoms with E-state index in [1.54, 1.807) is 11.3 Å². The molecule has 1 amide bonds. The zero-order valence-electron chi connectivity index (χ0n) is 8.50. The number of amides is 1. The first-order valence-corrected chi connectivity index (χ1v) is 7.86. The molecule has 0 unspecified atom stereocenters. The maximum atomic E-state index is 12.0. The fourth-order valence-corrected chi connectivity index (χ4v) is 2.83. The fraction of sp³-hybridized carbons (Fsp3) is 0.500. The first kappa shape index (κ1) is 13.4. The summed E-state index contributed by atoms with van der Waals surface area (Å²) in [7, 11) is 0. The molecule has 84 valence electrons. The molecule has 0 aliphatic heterocycles. The average molecular weight is 402 g/mol. The van der Waals surface area contributed by atoms with Gasteiger partial charge in [0.25, 0.3) is 5.91 Å². The summed E-state index contributed by atoms with van der Waals surface area (Å²) in [5.74, 6) is 0.151. The molecule has 1 heterocycles. The molecule has 0 fully saturated rings. The molecule has 0 spiro atoms. The monoisotopic (exact) mass is 401 g/mol. The third-order valence-electron chi connectivity index (χ3n) is 2.05. The van der Waals surface area contributed by atoms with Gasteiger partial charge in [0.05, 0.1) is 8.45 Å². The Bertz CT molecular complexity index is 329. The van der Waals surface area contributed by atoms with Crippen molar-refractivity contribution in [2.75, 3.05) is 18.4 Å². The van der Waals surface area contributed by atoms with Crippen LogP contribution in [0.2, 0.25) is 0 Å². The first-order chi connectivity index (χ1) is 7.19. The minimum Gasteiger partial charge on any atom is -0.339 e. The van der Waals surface area contributed by atoms with E-state index < -0.39 is 0 Å². The summed E-state index contributed by atoms with van der Waals surface area (Å²) in [6, 6.07) is 1.95. The van der Waals surface area contributed by atoms with Crippen molar-refractivity contribution in [2.24, 2.45) is 0 Å². The Balaban J connectivity index is 2.64. The molecular formula is C10H13BrINOS. The van der Waals surface area contributed by atoms with Crippen LogP contribution >= 0.6 is 49.9 Å². The lowest BCUT2D eigenvalue weighted by Crippen LogP contribution is -2.31. The number of rotatable bonds is 5. The number of nitrogens with zero attached hydrogens (tertiary/aromatic N) is 1. The highest BCUT2D eigenvalue weighted by molar-refractivity contribution is 14.1. The van der Waals surface area contributed by atoms with Gasteiger partial charge in [0, 0.05) is 23.8 Å². The van der Waals surface area contributed by atoms with Gasteiger partial charge in [-0.05, 0) is 42.0 Å². The van der Waals surface area contributed by atoms with Crippen LogP contribution in [0.15, 0.2) is 11.4 Å². The Morgan fingerprint density at radius 1 is 1.67 bits per heavy atom. The molecule has 0 aromatic carbocycles. The van der Waals surface area contributed by atoms with Crippen molar-refractivity contribution in [3.63, 3.8) is 0 Å². The molecule has 0 bridgehead atoms. The van der Waals surface area contributed by atoms with Crippen molar-refractivity contribution >= 4 is 55.8 Å². The lowest BCUT2D eigenvalue weighted by Gasteiger charge is -2.19. The Morgan fingerprint density at radius 2 is 2.40 bits per heavy atom. The second kappa shape index (κ2) is 6.85. The molecule has 0 saturated heterocycles. The summed E-state index contributed by atoms with van der Waals surface area (Å²) in [4.78, 5) is 13.9. The van der Waals surface area contributed by atoms with Crippen molar-refractivity contribution < 1.29 is 4.79 Å². The number of carbonyl (C=O) groups excluding carboxylic acids is 1. The minimum absolute atomic E-state index is 0.151. The van der Waals surface area contributed by atoms with E-state index in [9.17, 15) is 4.79 Å². The quantitative estimate of drug-likeness (QED) is 0.545. The van der Waals surface area contributed by atoms with Gasteiger partial charge < -0.3 is 4.90 Å². The van der Waals surface area contributed by atoms with E-state index in [0.29, 0.717) is 0 Å². The standard InChI is InChI=1S/C10H13BrINOS/c1-2-13(5-3-4-11)10(14)8-6-9(12)15-7-8/h6-7H,2-5H2,1H3. The van der Waals surface area contributed by atoms with E-state index in [1.807, 2.05) is 23.3 Å². The number of thiophene rings is 1. The summed E-state index contributed by atoms with van der Waals surface area (Å²) in [5, 5.41) is 2.87. The molecule has 1 aromatic rings. The second-order valence-corrected chi connectivity index (χ2v) is 6.67. The zero-order chi connectivity index (χ0) is 11.3. The van der Waals surface area contributed by atoms with E-state index in [0.717, 1.165) is 33.3 Å². The summed E-state index contributed by atoms with van der Waals surface area (Å²) >= 11 is 7.23. The highest BCUT2D eigenvalue weighted by Gasteiger charge is 2.14. The van der Waals surface area contributed by atoms with E-state index in [2.05, 4.69) is 38.5 Å². The fourth-order valence-electron chi connectivity index (χ4n) is 1.26. The Kier molecular flexibility index (Phi) is 6.14. The highest BCUT2D eigenvalue weighted by Crippen LogP contribution is 2.18. The van der Waals surface area contributed by atoms with Crippen LogP contribution in [0.1, 0.15) is 23.7 Å². The van der Waals surface area contributed by atoms with Gasteiger partial charge in [0.1, 0.15) is 0 Å². The smallest absolute Gasteiger partial charge is 0.254 e. The average Bonchev–Trinajstić information content (AvgIpc) is 2.65. The molecule has 1 rings (SSSR count). The maximum absolute atomic E-state index is 12.0. The highest BCUT2D eigenvalue weighted by atomic mass is 127. The van der Waals surface area contributed by atoms with Gasteiger partial charge >= 0.3 is 0 Å². The van der Waals surface area contributed by atoms with Crippen LogP contribution in [-0.4, -0.2) is 29.2 Å². The third-order valence-corrected chi connectivity index (χ3v) is 4.39. The van der Waals surface area contributed by atoms with Crippen LogP contribution in [0.25, 0.3) is 0 Å². The predicted molar refractivity (Wildman–Crippen MR) is 77.0 cm³/mol. The SMILES string of the molecule is CCN(CCCBr)C(=O)c1csc(I)c1. The van der Waals surface area contributed by atoms with Gasteiger partial charge in [-0.1, -0.05) is 15.9 Å². The minimum atomic E-state index is 0.151. The van der Waals surface area contributed by atoms with Gasteiger partial charge in [-0.15, -0.1) is 11.3 Å². The van der Waals surface area contributed by atoms with Crippen molar-refractivity contribution in [2.45, 2.75) is 13.3 Å². The summed E-state index contributed by atoms with van der Waals surface area (Å²) < 4.78 is 1.16. The lowest BCUT2D eigenvalue weighted by molar-refractivity contribution is 0.0765. The normalized spacial score (nSPS) is 10.3. The number of hydrogen-bond donors (Lipinski definition) is 0. The predicted octanol–water partition coefficient (Wildman–Crippen LogP) is 3.60. The molecule has 0 aliphatic rings. The van der Waals surface area contributed by atoms with Crippen LogP contribution in [0.4, 0.5) is 0 Å². The first-order valence-electron chi connectivity index (χ1n) is 4.78. The Labute approximate surface area is 116 Å². The largest absolute Gasteiger partial charge is 0.339 e. The topological polar surface area (TPSA) is 20.3 Å². The summed E-state index contributed by atoms with van der Waals surface area (Å²) in [5.41, 5.74) is 0.820. The Hall–Kier alpha value is 0.380. The Morgan fingerprint density at radius 3 is 2.87 bits per heavy atom. The van der Waals surface area contributed by atoms with Crippen LogP contribution in [0.3, 0.4) is 0 Å². The van der Waals surface area contributed by atoms with E-state index in [-0.39, 0.29) is 5.91 Å². The molecule has 1 aromatic heterocycles.